The number of hydrogen-bond donors (Lipinski definition) is 1. The first kappa shape index (κ1) is 19.9. The minimum atomic E-state index is -3.10. The highest BCUT2D eigenvalue weighted by molar-refractivity contribution is 7.88. The zero-order valence-corrected chi connectivity index (χ0v) is 16.2. The van der Waals surface area contributed by atoms with Crippen molar-refractivity contribution in [3.8, 4) is 0 Å². The van der Waals surface area contributed by atoms with Crippen molar-refractivity contribution in [2.24, 2.45) is 5.92 Å². The molecule has 1 heterocycles. The molecular formula is C18H29N3O3S. The summed E-state index contributed by atoms with van der Waals surface area (Å²) in [5.41, 5.74) is 1.75. The van der Waals surface area contributed by atoms with Crippen LogP contribution < -0.4 is 5.32 Å². The van der Waals surface area contributed by atoms with Crippen molar-refractivity contribution < 1.29 is 13.2 Å². The summed E-state index contributed by atoms with van der Waals surface area (Å²) in [5.74, 6) is 0.529. The molecule has 0 aromatic heterocycles. The number of rotatable bonds is 7. The van der Waals surface area contributed by atoms with E-state index in [2.05, 4.69) is 24.1 Å². The van der Waals surface area contributed by atoms with Crippen molar-refractivity contribution in [1.29, 1.82) is 0 Å². The molecule has 0 atom stereocenters. The fourth-order valence-electron chi connectivity index (χ4n) is 2.86. The Bertz CT molecular complexity index is 681. The van der Waals surface area contributed by atoms with E-state index in [1.54, 1.807) is 0 Å². The molecule has 0 radical (unpaired) electrons. The van der Waals surface area contributed by atoms with Crippen molar-refractivity contribution in [3.05, 3.63) is 35.4 Å². The van der Waals surface area contributed by atoms with E-state index in [0.717, 1.165) is 18.5 Å². The first-order valence-electron chi connectivity index (χ1n) is 8.80. The molecule has 1 amide bonds. The van der Waals surface area contributed by atoms with Gasteiger partial charge in [0.15, 0.2) is 0 Å². The van der Waals surface area contributed by atoms with E-state index in [-0.39, 0.29) is 5.91 Å². The van der Waals surface area contributed by atoms with E-state index < -0.39 is 10.0 Å². The van der Waals surface area contributed by atoms with E-state index in [4.69, 9.17) is 0 Å². The van der Waals surface area contributed by atoms with Gasteiger partial charge in [0.25, 0.3) is 5.91 Å². The highest BCUT2D eigenvalue weighted by Gasteiger charge is 2.23. The Morgan fingerprint density at radius 1 is 1.20 bits per heavy atom. The number of carbonyl (C=O) groups is 1. The van der Waals surface area contributed by atoms with Crippen LogP contribution in [0.2, 0.25) is 0 Å². The predicted octanol–water partition coefficient (Wildman–Crippen LogP) is 1.54. The lowest BCUT2D eigenvalue weighted by Crippen LogP contribution is -2.47. The molecule has 1 aromatic rings. The third kappa shape index (κ3) is 6.41. The number of carbonyl (C=O) groups excluding carboxylic acids is 1. The number of amides is 1. The zero-order chi connectivity index (χ0) is 18.4. The molecule has 0 aliphatic carbocycles. The van der Waals surface area contributed by atoms with Crippen LogP contribution >= 0.6 is 0 Å². The normalized spacial score (nSPS) is 17.0. The minimum absolute atomic E-state index is 0.0376. The van der Waals surface area contributed by atoms with Gasteiger partial charge in [-0.05, 0) is 30.0 Å². The van der Waals surface area contributed by atoms with Gasteiger partial charge in [-0.25, -0.2) is 8.42 Å². The van der Waals surface area contributed by atoms with Crippen LogP contribution in [0.3, 0.4) is 0 Å². The summed E-state index contributed by atoms with van der Waals surface area (Å²) < 4.78 is 24.6. The van der Waals surface area contributed by atoms with Crippen molar-refractivity contribution in [2.75, 3.05) is 39.0 Å². The molecule has 25 heavy (non-hydrogen) atoms. The SMILES string of the molecule is CC(C)CCNC(=O)c1cccc(CN2CCN(S(C)(=O)=O)CC2)c1. The van der Waals surface area contributed by atoms with E-state index in [0.29, 0.717) is 44.2 Å². The smallest absolute Gasteiger partial charge is 0.251 e. The molecule has 140 valence electrons. The topological polar surface area (TPSA) is 69.7 Å². The van der Waals surface area contributed by atoms with Crippen LogP contribution in [-0.2, 0) is 16.6 Å². The summed E-state index contributed by atoms with van der Waals surface area (Å²) in [6.07, 6.45) is 2.22. The van der Waals surface area contributed by atoms with Gasteiger partial charge in [-0.3, -0.25) is 9.69 Å². The average molecular weight is 368 g/mol. The van der Waals surface area contributed by atoms with E-state index in [1.165, 1.54) is 10.6 Å². The first-order valence-corrected chi connectivity index (χ1v) is 10.6. The highest BCUT2D eigenvalue weighted by Crippen LogP contribution is 2.12. The lowest BCUT2D eigenvalue weighted by molar-refractivity contribution is 0.0951. The molecule has 6 nitrogen and oxygen atoms in total. The Labute approximate surface area is 151 Å². The maximum atomic E-state index is 12.2. The largest absolute Gasteiger partial charge is 0.352 e. The lowest BCUT2D eigenvalue weighted by atomic mass is 10.1. The summed E-state index contributed by atoms with van der Waals surface area (Å²) in [6, 6.07) is 7.66. The van der Waals surface area contributed by atoms with Crippen molar-refractivity contribution in [1.82, 2.24) is 14.5 Å². The van der Waals surface area contributed by atoms with Gasteiger partial charge in [-0.1, -0.05) is 26.0 Å². The Morgan fingerprint density at radius 3 is 2.48 bits per heavy atom. The molecule has 0 unspecified atom stereocenters. The van der Waals surface area contributed by atoms with Gasteiger partial charge >= 0.3 is 0 Å². The van der Waals surface area contributed by atoms with Crippen LogP contribution in [0.5, 0.6) is 0 Å². The molecular weight excluding hydrogens is 338 g/mol. The van der Waals surface area contributed by atoms with Gasteiger partial charge in [0, 0.05) is 44.8 Å². The maximum Gasteiger partial charge on any atom is 0.251 e. The van der Waals surface area contributed by atoms with Gasteiger partial charge in [0.2, 0.25) is 10.0 Å². The molecule has 0 spiro atoms. The molecule has 1 N–H and O–H groups in total. The van der Waals surface area contributed by atoms with Gasteiger partial charge < -0.3 is 5.32 Å². The monoisotopic (exact) mass is 367 g/mol. The Hall–Kier alpha value is -1.44. The standard InChI is InChI=1S/C18H29N3O3S/c1-15(2)7-8-19-18(22)17-6-4-5-16(13-17)14-20-9-11-21(12-10-20)25(3,23)24/h4-6,13,15H,7-12,14H2,1-3H3,(H,19,22). The lowest BCUT2D eigenvalue weighted by Gasteiger charge is -2.33. The number of benzene rings is 1. The summed E-state index contributed by atoms with van der Waals surface area (Å²) in [4.78, 5) is 14.4. The third-order valence-electron chi connectivity index (χ3n) is 4.40. The summed E-state index contributed by atoms with van der Waals surface area (Å²) in [5, 5.41) is 2.96. The molecule has 1 saturated heterocycles. The summed E-state index contributed by atoms with van der Waals surface area (Å²) in [6.45, 7) is 8.14. The molecule has 1 fully saturated rings. The summed E-state index contributed by atoms with van der Waals surface area (Å²) >= 11 is 0. The molecule has 7 heteroatoms. The summed E-state index contributed by atoms with van der Waals surface area (Å²) in [7, 11) is -3.10. The second-order valence-corrected chi connectivity index (χ2v) is 9.06. The van der Waals surface area contributed by atoms with Crippen LogP contribution in [0.4, 0.5) is 0 Å². The van der Waals surface area contributed by atoms with Gasteiger partial charge in [-0.2, -0.15) is 4.31 Å². The van der Waals surface area contributed by atoms with Crippen LogP contribution in [-0.4, -0.2) is 62.5 Å². The Balaban J connectivity index is 1.88. The van der Waals surface area contributed by atoms with E-state index in [9.17, 15) is 13.2 Å². The zero-order valence-electron chi connectivity index (χ0n) is 15.4. The van der Waals surface area contributed by atoms with Crippen LogP contribution in [0.15, 0.2) is 24.3 Å². The quantitative estimate of drug-likeness (QED) is 0.794. The van der Waals surface area contributed by atoms with Crippen molar-refractivity contribution in [3.63, 3.8) is 0 Å². The predicted molar refractivity (Wildman–Crippen MR) is 99.9 cm³/mol. The van der Waals surface area contributed by atoms with Crippen LogP contribution in [0.25, 0.3) is 0 Å². The van der Waals surface area contributed by atoms with Gasteiger partial charge in [-0.15, -0.1) is 0 Å². The second-order valence-electron chi connectivity index (χ2n) is 7.08. The van der Waals surface area contributed by atoms with Gasteiger partial charge in [0.1, 0.15) is 0 Å². The fraction of sp³-hybridized carbons (Fsp3) is 0.611. The van der Waals surface area contributed by atoms with Crippen molar-refractivity contribution >= 4 is 15.9 Å². The molecule has 1 aliphatic heterocycles. The molecule has 0 saturated carbocycles. The van der Waals surface area contributed by atoms with Crippen LogP contribution in [0, 0.1) is 5.92 Å². The number of hydrogen-bond acceptors (Lipinski definition) is 4. The van der Waals surface area contributed by atoms with Gasteiger partial charge in [0.05, 0.1) is 6.26 Å². The number of nitrogens with one attached hydrogen (secondary N) is 1. The third-order valence-corrected chi connectivity index (χ3v) is 5.71. The highest BCUT2D eigenvalue weighted by atomic mass is 32.2. The fourth-order valence-corrected chi connectivity index (χ4v) is 3.69. The van der Waals surface area contributed by atoms with Crippen molar-refractivity contribution in [2.45, 2.75) is 26.8 Å². The number of sulfonamides is 1. The average Bonchev–Trinajstić information content (AvgIpc) is 2.54. The Morgan fingerprint density at radius 2 is 1.88 bits per heavy atom. The van der Waals surface area contributed by atoms with E-state index >= 15 is 0 Å². The number of piperazine rings is 1. The molecule has 1 aromatic carbocycles. The maximum absolute atomic E-state index is 12.2. The minimum Gasteiger partial charge on any atom is -0.352 e. The molecule has 1 aliphatic rings. The number of nitrogens with zero attached hydrogens (tertiary/aromatic N) is 2. The second kappa shape index (κ2) is 8.78. The molecule has 0 bridgehead atoms. The first-order chi connectivity index (χ1) is 11.8. The Kier molecular flexibility index (Phi) is 6.98. The van der Waals surface area contributed by atoms with Crippen LogP contribution in [0.1, 0.15) is 36.2 Å². The van der Waals surface area contributed by atoms with E-state index in [1.807, 2.05) is 24.3 Å². The molecule has 2 rings (SSSR count).